The van der Waals surface area contributed by atoms with Crippen molar-refractivity contribution in [2.75, 3.05) is 0 Å². The third-order valence-electron chi connectivity index (χ3n) is 2.45. The fourth-order valence-electron chi connectivity index (χ4n) is 1.63. The van der Waals surface area contributed by atoms with Gasteiger partial charge < -0.3 is 10.0 Å². The van der Waals surface area contributed by atoms with Crippen LogP contribution in [0.4, 0.5) is 0 Å². The molecule has 0 saturated heterocycles. The predicted molar refractivity (Wildman–Crippen MR) is 71.7 cm³/mol. The van der Waals surface area contributed by atoms with Crippen LogP contribution in [-0.2, 0) is 0 Å². The molecule has 0 aliphatic heterocycles. The van der Waals surface area contributed by atoms with E-state index in [2.05, 4.69) is 0 Å². The lowest BCUT2D eigenvalue weighted by atomic mass is 9.75. The smallest absolute Gasteiger partial charge is 0.423 e. The lowest BCUT2D eigenvalue weighted by Gasteiger charge is -2.09. The number of hydrogen-bond acceptors (Lipinski definition) is 2. The van der Waals surface area contributed by atoms with Gasteiger partial charge in [-0.2, -0.15) is 0 Å². The summed E-state index contributed by atoms with van der Waals surface area (Å²) in [6, 6.07) is 12.0. The summed E-state index contributed by atoms with van der Waals surface area (Å²) in [6.07, 6.45) is 0. The number of rotatable bonds is 2. The van der Waals surface area contributed by atoms with Crippen LogP contribution in [0.5, 0.6) is 0 Å². The summed E-state index contributed by atoms with van der Waals surface area (Å²) in [5, 5.41) is 19.8. The Kier molecular flexibility index (Phi) is 3.74. The van der Waals surface area contributed by atoms with E-state index in [0.29, 0.717) is 21.1 Å². The third kappa shape index (κ3) is 2.82. The topological polar surface area (TPSA) is 40.5 Å². The Morgan fingerprint density at radius 2 is 1.41 bits per heavy atom. The minimum absolute atomic E-state index is 0.414. The molecule has 17 heavy (non-hydrogen) atoms. The van der Waals surface area contributed by atoms with Gasteiger partial charge in [-0.05, 0) is 40.9 Å². The second-order valence-electron chi connectivity index (χ2n) is 3.61. The average Bonchev–Trinajstić information content (AvgIpc) is 2.29. The maximum absolute atomic E-state index is 9.30. The Labute approximate surface area is 110 Å². The van der Waals surface area contributed by atoms with Crippen molar-refractivity contribution in [2.45, 2.75) is 0 Å². The molecule has 2 aromatic rings. The summed E-state index contributed by atoms with van der Waals surface area (Å²) in [5.41, 5.74) is 1.93. The van der Waals surface area contributed by atoms with Crippen molar-refractivity contribution in [1.29, 1.82) is 0 Å². The normalized spacial score (nSPS) is 10.4. The molecule has 2 N–H and O–H groups in total. The zero-order valence-corrected chi connectivity index (χ0v) is 10.3. The zero-order chi connectivity index (χ0) is 12.4. The standard InChI is InChI=1S/C12H9BCl2O2/c14-9-3-1-8(2-4-9)11-7-10(15)5-6-12(11)13(16)17/h1-7,16-17H. The van der Waals surface area contributed by atoms with Crippen molar-refractivity contribution in [3.05, 3.63) is 52.5 Å². The van der Waals surface area contributed by atoms with E-state index in [1.54, 1.807) is 42.5 Å². The van der Waals surface area contributed by atoms with Crippen LogP contribution in [0.3, 0.4) is 0 Å². The number of benzene rings is 2. The van der Waals surface area contributed by atoms with E-state index < -0.39 is 7.12 Å². The van der Waals surface area contributed by atoms with Gasteiger partial charge in [0.05, 0.1) is 0 Å². The van der Waals surface area contributed by atoms with Crippen LogP contribution >= 0.6 is 23.2 Å². The monoisotopic (exact) mass is 266 g/mol. The van der Waals surface area contributed by atoms with Gasteiger partial charge in [0.25, 0.3) is 0 Å². The Morgan fingerprint density at radius 3 is 2.00 bits per heavy atom. The summed E-state index contributed by atoms with van der Waals surface area (Å²) >= 11 is 11.7. The van der Waals surface area contributed by atoms with Crippen LogP contribution in [0, 0.1) is 0 Å². The summed E-state index contributed by atoms with van der Waals surface area (Å²) < 4.78 is 0. The van der Waals surface area contributed by atoms with E-state index in [1.165, 1.54) is 0 Å². The highest BCUT2D eigenvalue weighted by Crippen LogP contribution is 2.23. The first kappa shape index (κ1) is 12.5. The van der Waals surface area contributed by atoms with Crippen LogP contribution in [0.15, 0.2) is 42.5 Å². The summed E-state index contributed by atoms with van der Waals surface area (Å²) in [7, 11) is -1.53. The average molecular weight is 267 g/mol. The highest BCUT2D eigenvalue weighted by Gasteiger charge is 2.17. The molecule has 0 heterocycles. The van der Waals surface area contributed by atoms with Crippen LogP contribution in [-0.4, -0.2) is 17.2 Å². The minimum Gasteiger partial charge on any atom is -0.423 e. The van der Waals surface area contributed by atoms with Crippen molar-refractivity contribution < 1.29 is 10.0 Å². The molecular weight excluding hydrogens is 258 g/mol. The lowest BCUT2D eigenvalue weighted by molar-refractivity contribution is 0.426. The zero-order valence-electron chi connectivity index (χ0n) is 8.77. The number of halogens is 2. The van der Waals surface area contributed by atoms with Crippen molar-refractivity contribution >= 4 is 35.8 Å². The van der Waals surface area contributed by atoms with Crippen LogP contribution in [0.2, 0.25) is 10.0 Å². The van der Waals surface area contributed by atoms with Gasteiger partial charge in [-0.3, -0.25) is 0 Å². The van der Waals surface area contributed by atoms with Crippen molar-refractivity contribution in [3.8, 4) is 11.1 Å². The van der Waals surface area contributed by atoms with E-state index in [-0.39, 0.29) is 0 Å². The van der Waals surface area contributed by atoms with E-state index in [0.717, 1.165) is 5.56 Å². The highest BCUT2D eigenvalue weighted by atomic mass is 35.5. The van der Waals surface area contributed by atoms with Crippen LogP contribution in [0.1, 0.15) is 0 Å². The molecule has 0 spiro atoms. The Bertz CT molecular complexity index is 527. The van der Waals surface area contributed by atoms with E-state index in [1.807, 2.05) is 0 Å². The van der Waals surface area contributed by atoms with Gasteiger partial charge in [0, 0.05) is 10.0 Å². The SMILES string of the molecule is OB(O)c1ccc(Cl)cc1-c1ccc(Cl)cc1. The van der Waals surface area contributed by atoms with E-state index in [9.17, 15) is 10.0 Å². The predicted octanol–water partition coefficient (Wildman–Crippen LogP) is 2.34. The fourth-order valence-corrected chi connectivity index (χ4v) is 1.93. The van der Waals surface area contributed by atoms with Crippen LogP contribution in [0.25, 0.3) is 11.1 Å². The Hall–Kier alpha value is -0.995. The summed E-state index contributed by atoms with van der Waals surface area (Å²) in [4.78, 5) is 0. The summed E-state index contributed by atoms with van der Waals surface area (Å²) in [5.74, 6) is 0. The first-order valence-electron chi connectivity index (χ1n) is 4.99. The van der Waals surface area contributed by atoms with E-state index in [4.69, 9.17) is 23.2 Å². The molecule has 0 fully saturated rings. The van der Waals surface area contributed by atoms with Gasteiger partial charge in [0.1, 0.15) is 0 Å². The fraction of sp³-hybridized carbons (Fsp3) is 0. The quantitative estimate of drug-likeness (QED) is 0.820. The van der Waals surface area contributed by atoms with Gasteiger partial charge in [0.2, 0.25) is 0 Å². The molecule has 0 aromatic heterocycles. The molecule has 2 rings (SSSR count). The molecule has 0 aliphatic carbocycles. The molecule has 0 aliphatic rings. The first-order chi connectivity index (χ1) is 8.08. The van der Waals surface area contributed by atoms with Crippen molar-refractivity contribution in [3.63, 3.8) is 0 Å². The minimum atomic E-state index is -1.53. The van der Waals surface area contributed by atoms with Gasteiger partial charge in [-0.15, -0.1) is 0 Å². The Morgan fingerprint density at radius 1 is 0.824 bits per heavy atom. The molecule has 0 radical (unpaired) electrons. The summed E-state index contributed by atoms with van der Waals surface area (Å²) in [6.45, 7) is 0. The van der Waals surface area contributed by atoms with E-state index >= 15 is 0 Å². The third-order valence-corrected chi connectivity index (χ3v) is 2.94. The molecular formula is C12H9BCl2O2. The van der Waals surface area contributed by atoms with Gasteiger partial charge in [0.15, 0.2) is 0 Å². The molecule has 0 bridgehead atoms. The van der Waals surface area contributed by atoms with Crippen molar-refractivity contribution in [1.82, 2.24) is 0 Å². The maximum Gasteiger partial charge on any atom is 0.489 e. The van der Waals surface area contributed by atoms with Crippen LogP contribution < -0.4 is 5.46 Å². The molecule has 0 amide bonds. The largest absolute Gasteiger partial charge is 0.489 e. The van der Waals surface area contributed by atoms with Gasteiger partial charge >= 0.3 is 7.12 Å². The molecule has 0 saturated carbocycles. The molecule has 86 valence electrons. The highest BCUT2D eigenvalue weighted by molar-refractivity contribution is 6.60. The maximum atomic E-state index is 9.30. The molecule has 2 nitrogen and oxygen atoms in total. The van der Waals surface area contributed by atoms with Gasteiger partial charge in [-0.1, -0.05) is 41.4 Å². The second kappa shape index (κ2) is 5.11. The molecule has 0 atom stereocenters. The molecule has 2 aromatic carbocycles. The number of hydrogen-bond donors (Lipinski definition) is 2. The Balaban J connectivity index is 2.56. The lowest BCUT2D eigenvalue weighted by Crippen LogP contribution is -2.31. The van der Waals surface area contributed by atoms with Gasteiger partial charge in [-0.25, -0.2) is 0 Å². The first-order valence-corrected chi connectivity index (χ1v) is 5.75. The molecule has 5 heteroatoms. The molecule has 0 unspecified atom stereocenters. The second-order valence-corrected chi connectivity index (χ2v) is 4.49. The van der Waals surface area contributed by atoms with Crippen molar-refractivity contribution in [2.24, 2.45) is 0 Å².